The topological polar surface area (TPSA) is 91.0 Å². The minimum absolute atomic E-state index is 0.0607. The van der Waals surface area contributed by atoms with Crippen LogP contribution in [0.25, 0.3) is 0 Å². The molecule has 2 N–H and O–H groups in total. The van der Waals surface area contributed by atoms with Gasteiger partial charge in [0.25, 0.3) is 0 Å². The van der Waals surface area contributed by atoms with Gasteiger partial charge >= 0.3 is 12.0 Å². The van der Waals surface area contributed by atoms with Crippen LogP contribution in [0.3, 0.4) is 0 Å². The summed E-state index contributed by atoms with van der Waals surface area (Å²) in [4.78, 5) is 39.5. The fourth-order valence-electron chi connectivity index (χ4n) is 3.43. The van der Waals surface area contributed by atoms with E-state index in [0.29, 0.717) is 52.2 Å². The number of halogens is 2. The summed E-state index contributed by atoms with van der Waals surface area (Å²) >= 11 is 0. The number of benzene rings is 1. The molecule has 1 saturated heterocycles. The molecule has 0 radical (unpaired) electrons. The molecule has 0 aromatic heterocycles. The Morgan fingerprint density at radius 3 is 2.62 bits per heavy atom. The minimum Gasteiger partial charge on any atom is -0.466 e. The van der Waals surface area contributed by atoms with E-state index in [-0.39, 0.29) is 24.2 Å². The first-order valence-electron chi connectivity index (χ1n) is 11.0. The number of hydrogen-bond donors (Lipinski definition) is 2. The van der Waals surface area contributed by atoms with Crippen molar-refractivity contribution in [2.24, 2.45) is 0 Å². The quantitative estimate of drug-likeness (QED) is 0.419. The third-order valence-corrected chi connectivity index (χ3v) is 5.09. The van der Waals surface area contributed by atoms with Crippen LogP contribution in [-0.2, 0) is 14.3 Å². The summed E-state index contributed by atoms with van der Waals surface area (Å²) in [5.74, 6) is -2.11. The SMILES string of the molecule is CCOC(=O)CCCCCNC(=O)N1CCCN(CC(=O)Nc2ccc(F)cc2F)CC1. The molecule has 0 bridgehead atoms. The Balaban J connectivity index is 1.65. The summed E-state index contributed by atoms with van der Waals surface area (Å²) in [5, 5.41) is 5.35. The van der Waals surface area contributed by atoms with Crippen molar-refractivity contribution in [1.82, 2.24) is 15.1 Å². The first-order valence-corrected chi connectivity index (χ1v) is 11.0. The minimum atomic E-state index is -0.821. The zero-order valence-electron chi connectivity index (χ0n) is 18.5. The van der Waals surface area contributed by atoms with E-state index in [0.717, 1.165) is 31.4 Å². The molecule has 1 fully saturated rings. The molecular weight excluding hydrogens is 422 g/mol. The number of nitrogens with one attached hydrogen (secondary N) is 2. The highest BCUT2D eigenvalue weighted by atomic mass is 19.1. The van der Waals surface area contributed by atoms with E-state index in [2.05, 4.69) is 10.6 Å². The molecule has 1 aromatic carbocycles. The lowest BCUT2D eigenvalue weighted by atomic mass is 10.2. The van der Waals surface area contributed by atoms with Crippen LogP contribution >= 0.6 is 0 Å². The predicted octanol–water partition coefficient (Wildman–Crippen LogP) is 2.74. The number of esters is 1. The van der Waals surface area contributed by atoms with Gasteiger partial charge in [0.1, 0.15) is 11.6 Å². The third-order valence-electron chi connectivity index (χ3n) is 5.09. The van der Waals surface area contributed by atoms with Crippen molar-refractivity contribution in [2.75, 3.05) is 51.2 Å². The lowest BCUT2D eigenvalue weighted by molar-refractivity contribution is -0.143. The Labute approximate surface area is 187 Å². The van der Waals surface area contributed by atoms with Gasteiger partial charge in [0.05, 0.1) is 18.8 Å². The normalized spacial score (nSPS) is 14.5. The number of ether oxygens (including phenoxy) is 1. The molecule has 1 heterocycles. The summed E-state index contributed by atoms with van der Waals surface area (Å²) < 4.78 is 31.5. The van der Waals surface area contributed by atoms with Crippen LogP contribution in [0.5, 0.6) is 0 Å². The van der Waals surface area contributed by atoms with Crippen molar-refractivity contribution in [3.63, 3.8) is 0 Å². The molecule has 1 aliphatic heterocycles. The maximum Gasteiger partial charge on any atom is 0.317 e. The molecule has 0 saturated carbocycles. The van der Waals surface area contributed by atoms with Crippen molar-refractivity contribution in [2.45, 2.75) is 39.0 Å². The molecule has 8 nitrogen and oxygen atoms in total. The second-order valence-corrected chi connectivity index (χ2v) is 7.64. The van der Waals surface area contributed by atoms with Crippen LogP contribution in [-0.4, -0.2) is 73.6 Å². The summed E-state index contributed by atoms with van der Waals surface area (Å²) in [5.41, 5.74) is -0.0607. The Bertz CT molecular complexity index is 778. The number of amides is 3. The van der Waals surface area contributed by atoms with Gasteiger partial charge in [0, 0.05) is 45.2 Å². The van der Waals surface area contributed by atoms with Crippen LogP contribution in [0.15, 0.2) is 18.2 Å². The zero-order valence-corrected chi connectivity index (χ0v) is 18.5. The standard InChI is InChI=1S/C22H32F2N4O4/c1-2-32-21(30)7-4-3-5-10-25-22(31)28-12-6-11-27(13-14-28)16-20(29)26-19-9-8-17(23)15-18(19)24/h8-9,15H,2-7,10-14,16H2,1H3,(H,25,31)(H,26,29). The first kappa shape index (κ1) is 25.5. The van der Waals surface area contributed by atoms with Gasteiger partial charge in [0.2, 0.25) is 5.91 Å². The van der Waals surface area contributed by atoms with Gasteiger partial charge in [-0.05, 0) is 38.3 Å². The van der Waals surface area contributed by atoms with Gasteiger partial charge < -0.3 is 20.3 Å². The largest absolute Gasteiger partial charge is 0.466 e. The van der Waals surface area contributed by atoms with Gasteiger partial charge in [0.15, 0.2) is 0 Å². The number of carbonyl (C=O) groups excluding carboxylic acids is 3. The fraction of sp³-hybridized carbons (Fsp3) is 0.591. The Morgan fingerprint density at radius 1 is 1.06 bits per heavy atom. The fourth-order valence-corrected chi connectivity index (χ4v) is 3.43. The highest BCUT2D eigenvalue weighted by Gasteiger charge is 2.20. The molecule has 0 unspecified atom stereocenters. The second-order valence-electron chi connectivity index (χ2n) is 7.64. The van der Waals surface area contributed by atoms with E-state index in [1.807, 2.05) is 4.90 Å². The molecular formula is C22H32F2N4O4. The highest BCUT2D eigenvalue weighted by Crippen LogP contribution is 2.15. The van der Waals surface area contributed by atoms with E-state index < -0.39 is 17.5 Å². The first-order chi connectivity index (χ1) is 15.4. The Hall–Kier alpha value is -2.75. The number of carbonyl (C=O) groups is 3. The molecule has 32 heavy (non-hydrogen) atoms. The smallest absolute Gasteiger partial charge is 0.317 e. The summed E-state index contributed by atoms with van der Waals surface area (Å²) in [6, 6.07) is 2.85. The highest BCUT2D eigenvalue weighted by molar-refractivity contribution is 5.92. The predicted molar refractivity (Wildman–Crippen MR) is 116 cm³/mol. The van der Waals surface area contributed by atoms with Crippen molar-refractivity contribution in [3.8, 4) is 0 Å². The molecule has 178 valence electrons. The lowest BCUT2D eigenvalue weighted by Gasteiger charge is -2.22. The van der Waals surface area contributed by atoms with Crippen molar-refractivity contribution in [1.29, 1.82) is 0 Å². The monoisotopic (exact) mass is 454 g/mol. The second kappa shape index (κ2) is 13.6. The van der Waals surface area contributed by atoms with Gasteiger partial charge in [-0.1, -0.05) is 6.42 Å². The number of hydrogen-bond acceptors (Lipinski definition) is 5. The van der Waals surface area contributed by atoms with Gasteiger partial charge in [-0.3, -0.25) is 14.5 Å². The molecule has 1 aromatic rings. The van der Waals surface area contributed by atoms with Crippen LogP contribution < -0.4 is 10.6 Å². The van der Waals surface area contributed by atoms with Crippen LogP contribution in [0, 0.1) is 11.6 Å². The van der Waals surface area contributed by atoms with E-state index >= 15 is 0 Å². The molecule has 0 atom stereocenters. The maximum atomic E-state index is 13.7. The van der Waals surface area contributed by atoms with Crippen LogP contribution in [0.4, 0.5) is 19.3 Å². The molecule has 0 aliphatic carbocycles. The van der Waals surface area contributed by atoms with Crippen molar-refractivity contribution in [3.05, 3.63) is 29.8 Å². The lowest BCUT2D eigenvalue weighted by Crippen LogP contribution is -2.43. The molecule has 3 amide bonds. The van der Waals surface area contributed by atoms with Crippen molar-refractivity contribution < 1.29 is 27.9 Å². The summed E-state index contributed by atoms with van der Waals surface area (Å²) in [6.45, 7) is 4.98. The van der Waals surface area contributed by atoms with Gasteiger partial charge in [-0.15, -0.1) is 0 Å². The van der Waals surface area contributed by atoms with Gasteiger partial charge in [-0.2, -0.15) is 0 Å². The van der Waals surface area contributed by atoms with Crippen LogP contribution in [0.1, 0.15) is 39.0 Å². The van der Waals surface area contributed by atoms with E-state index in [9.17, 15) is 23.2 Å². The van der Waals surface area contributed by atoms with Gasteiger partial charge in [-0.25, -0.2) is 13.6 Å². The van der Waals surface area contributed by atoms with E-state index in [1.165, 1.54) is 6.07 Å². The average Bonchev–Trinajstić information content (AvgIpc) is 2.98. The average molecular weight is 455 g/mol. The molecule has 2 rings (SSSR count). The molecule has 10 heteroatoms. The summed E-state index contributed by atoms with van der Waals surface area (Å²) in [7, 11) is 0. The Morgan fingerprint density at radius 2 is 1.88 bits per heavy atom. The third kappa shape index (κ3) is 9.17. The number of anilines is 1. The van der Waals surface area contributed by atoms with Crippen LogP contribution in [0.2, 0.25) is 0 Å². The summed E-state index contributed by atoms with van der Waals surface area (Å²) in [6.07, 6.45) is 3.45. The Kier molecular flexibility index (Phi) is 10.9. The maximum absolute atomic E-state index is 13.7. The molecule has 1 aliphatic rings. The number of rotatable bonds is 10. The number of urea groups is 1. The molecule has 0 spiro atoms. The zero-order chi connectivity index (χ0) is 23.3. The van der Waals surface area contributed by atoms with Crippen molar-refractivity contribution >= 4 is 23.6 Å². The number of unbranched alkanes of at least 4 members (excludes halogenated alkanes) is 2. The van der Waals surface area contributed by atoms with E-state index in [4.69, 9.17) is 4.74 Å². The van der Waals surface area contributed by atoms with E-state index in [1.54, 1.807) is 11.8 Å². The number of nitrogens with zero attached hydrogens (tertiary/aromatic N) is 2.